The topological polar surface area (TPSA) is 51.5 Å². The maximum Gasteiger partial charge on any atom is 0.156 e. The molecule has 5 nitrogen and oxygen atoms in total. The van der Waals surface area contributed by atoms with Crippen molar-refractivity contribution in [1.82, 2.24) is 14.4 Å². The van der Waals surface area contributed by atoms with Crippen LogP contribution < -0.4 is 10.1 Å². The Morgan fingerprint density at radius 2 is 1.69 bits per heavy atom. The largest absolute Gasteiger partial charge is 0.497 e. The third-order valence-electron chi connectivity index (χ3n) is 4.57. The number of fused-ring (bicyclic) bond motifs is 1. The van der Waals surface area contributed by atoms with Gasteiger partial charge in [-0.1, -0.05) is 18.2 Å². The summed E-state index contributed by atoms with van der Waals surface area (Å²) in [6.45, 7) is 4.18. The highest BCUT2D eigenvalue weighted by atomic mass is 16.5. The minimum absolute atomic E-state index is 0.789. The SMILES string of the molecule is COc1ccc(-c2cnc(Nc3c(C)cccc3C)c3cncn23)cc1. The van der Waals surface area contributed by atoms with Crippen LogP contribution in [-0.2, 0) is 0 Å². The van der Waals surface area contributed by atoms with Gasteiger partial charge in [0.05, 0.1) is 31.5 Å². The molecule has 0 amide bonds. The zero-order valence-electron chi connectivity index (χ0n) is 15.0. The molecule has 0 spiro atoms. The van der Waals surface area contributed by atoms with Gasteiger partial charge >= 0.3 is 0 Å². The molecule has 0 unspecified atom stereocenters. The Hall–Kier alpha value is -3.34. The summed E-state index contributed by atoms with van der Waals surface area (Å²) in [4.78, 5) is 9.00. The maximum atomic E-state index is 5.24. The number of aromatic nitrogens is 3. The van der Waals surface area contributed by atoms with Crippen LogP contribution in [0.15, 0.2) is 61.2 Å². The van der Waals surface area contributed by atoms with Crippen molar-refractivity contribution in [2.45, 2.75) is 13.8 Å². The number of rotatable bonds is 4. The molecule has 4 rings (SSSR count). The second-order valence-corrected chi connectivity index (χ2v) is 6.26. The molecule has 0 aliphatic rings. The van der Waals surface area contributed by atoms with Crippen molar-refractivity contribution in [3.63, 3.8) is 0 Å². The fraction of sp³-hybridized carbons (Fsp3) is 0.143. The Morgan fingerprint density at radius 1 is 0.962 bits per heavy atom. The number of benzene rings is 2. The van der Waals surface area contributed by atoms with Crippen LogP contribution in [-0.4, -0.2) is 21.5 Å². The lowest BCUT2D eigenvalue weighted by molar-refractivity contribution is 0.415. The number of hydrogen-bond acceptors (Lipinski definition) is 4. The summed E-state index contributed by atoms with van der Waals surface area (Å²) in [5.41, 5.74) is 6.42. The van der Waals surface area contributed by atoms with Gasteiger partial charge in [-0.2, -0.15) is 0 Å². The lowest BCUT2D eigenvalue weighted by atomic mass is 10.1. The Bertz CT molecular complexity index is 1050. The monoisotopic (exact) mass is 344 g/mol. The summed E-state index contributed by atoms with van der Waals surface area (Å²) in [6.07, 6.45) is 5.51. The number of ether oxygens (including phenoxy) is 1. The van der Waals surface area contributed by atoms with Gasteiger partial charge in [0.2, 0.25) is 0 Å². The lowest BCUT2D eigenvalue weighted by Crippen LogP contribution is -2.02. The predicted molar refractivity (Wildman–Crippen MR) is 104 cm³/mol. The molecule has 0 aliphatic heterocycles. The predicted octanol–water partition coefficient (Wildman–Crippen LogP) is 4.77. The van der Waals surface area contributed by atoms with Crippen LogP contribution in [0.2, 0.25) is 0 Å². The average molecular weight is 344 g/mol. The lowest BCUT2D eigenvalue weighted by Gasteiger charge is -2.14. The third-order valence-corrected chi connectivity index (χ3v) is 4.57. The standard InChI is InChI=1S/C21H20N4O/c1-14-5-4-6-15(2)20(14)24-21-19-11-22-13-25(19)18(12-23-21)16-7-9-17(26-3)10-8-16/h4-13H,1-3H3,(H,23,24). The normalized spacial score (nSPS) is 10.9. The fourth-order valence-corrected chi connectivity index (χ4v) is 3.12. The highest BCUT2D eigenvalue weighted by Crippen LogP contribution is 2.29. The zero-order chi connectivity index (χ0) is 18.1. The minimum atomic E-state index is 0.789. The quantitative estimate of drug-likeness (QED) is 0.580. The van der Waals surface area contributed by atoms with Crippen LogP contribution in [0.25, 0.3) is 16.8 Å². The van der Waals surface area contributed by atoms with E-state index in [4.69, 9.17) is 4.74 Å². The van der Waals surface area contributed by atoms with Crippen molar-refractivity contribution in [2.24, 2.45) is 0 Å². The molecule has 0 bridgehead atoms. The van der Waals surface area contributed by atoms with Crippen LogP contribution in [0.1, 0.15) is 11.1 Å². The molecule has 0 fully saturated rings. The van der Waals surface area contributed by atoms with Crippen molar-refractivity contribution in [1.29, 1.82) is 0 Å². The molecule has 4 aromatic rings. The second kappa shape index (κ2) is 6.52. The first-order valence-electron chi connectivity index (χ1n) is 8.46. The van der Waals surface area contributed by atoms with E-state index in [1.165, 1.54) is 11.1 Å². The number of para-hydroxylation sites is 1. The first-order valence-corrected chi connectivity index (χ1v) is 8.46. The molecule has 0 aliphatic carbocycles. The number of nitrogens with zero attached hydrogens (tertiary/aromatic N) is 3. The van der Waals surface area contributed by atoms with E-state index in [9.17, 15) is 0 Å². The van der Waals surface area contributed by atoms with E-state index >= 15 is 0 Å². The molecule has 2 aromatic heterocycles. The van der Waals surface area contributed by atoms with Gasteiger partial charge in [0, 0.05) is 11.3 Å². The second-order valence-electron chi connectivity index (χ2n) is 6.26. The van der Waals surface area contributed by atoms with E-state index < -0.39 is 0 Å². The van der Waals surface area contributed by atoms with Gasteiger partial charge in [-0.05, 0) is 49.2 Å². The van der Waals surface area contributed by atoms with Gasteiger partial charge in [-0.15, -0.1) is 0 Å². The molecule has 5 heteroatoms. The first kappa shape index (κ1) is 16.1. The van der Waals surface area contributed by atoms with Crippen molar-refractivity contribution in [2.75, 3.05) is 12.4 Å². The summed E-state index contributed by atoms with van der Waals surface area (Å²) in [5, 5.41) is 3.47. The average Bonchev–Trinajstić information content (AvgIpc) is 3.15. The summed E-state index contributed by atoms with van der Waals surface area (Å²) < 4.78 is 7.29. The molecule has 2 aromatic carbocycles. The summed E-state index contributed by atoms with van der Waals surface area (Å²) >= 11 is 0. The third kappa shape index (κ3) is 2.77. The van der Waals surface area contributed by atoms with Gasteiger partial charge in [0.25, 0.3) is 0 Å². The van der Waals surface area contributed by atoms with E-state index in [1.54, 1.807) is 7.11 Å². The van der Waals surface area contributed by atoms with Gasteiger partial charge in [-0.25, -0.2) is 9.97 Å². The molecule has 2 heterocycles. The van der Waals surface area contributed by atoms with Crippen molar-refractivity contribution < 1.29 is 4.74 Å². The maximum absolute atomic E-state index is 5.24. The minimum Gasteiger partial charge on any atom is -0.497 e. The zero-order valence-corrected chi connectivity index (χ0v) is 15.0. The summed E-state index contributed by atoms with van der Waals surface area (Å²) in [6, 6.07) is 14.2. The Kier molecular flexibility index (Phi) is 4.05. The smallest absolute Gasteiger partial charge is 0.156 e. The van der Waals surface area contributed by atoms with Crippen molar-refractivity contribution >= 4 is 17.0 Å². The van der Waals surface area contributed by atoms with Gasteiger partial charge in [0.15, 0.2) is 5.82 Å². The molecule has 0 atom stereocenters. The number of methoxy groups -OCH3 is 1. The summed E-state index contributed by atoms with van der Waals surface area (Å²) in [7, 11) is 1.67. The fourth-order valence-electron chi connectivity index (χ4n) is 3.12. The molecular formula is C21H20N4O. The highest BCUT2D eigenvalue weighted by molar-refractivity contribution is 5.78. The number of imidazole rings is 1. The molecule has 0 saturated carbocycles. The number of nitrogens with one attached hydrogen (secondary N) is 1. The summed E-state index contributed by atoms with van der Waals surface area (Å²) in [5.74, 6) is 1.62. The molecular weight excluding hydrogens is 324 g/mol. The van der Waals surface area contributed by atoms with Crippen molar-refractivity contribution in [3.8, 4) is 17.0 Å². The van der Waals surface area contributed by atoms with Gasteiger partial charge in [0.1, 0.15) is 11.3 Å². The van der Waals surface area contributed by atoms with E-state index in [0.717, 1.165) is 34.0 Å². The Morgan fingerprint density at radius 3 is 2.38 bits per heavy atom. The van der Waals surface area contributed by atoms with Crippen LogP contribution in [0.5, 0.6) is 5.75 Å². The van der Waals surface area contributed by atoms with E-state index in [2.05, 4.69) is 47.3 Å². The van der Waals surface area contributed by atoms with Gasteiger partial charge < -0.3 is 10.1 Å². The molecule has 1 N–H and O–H groups in total. The Balaban J connectivity index is 1.78. The molecule has 0 radical (unpaired) electrons. The first-order chi connectivity index (χ1) is 12.7. The van der Waals surface area contributed by atoms with Crippen LogP contribution in [0.3, 0.4) is 0 Å². The molecule has 26 heavy (non-hydrogen) atoms. The Labute approximate surface area is 152 Å². The number of hydrogen-bond donors (Lipinski definition) is 1. The number of anilines is 2. The van der Waals surface area contributed by atoms with Crippen molar-refractivity contribution in [3.05, 3.63) is 72.3 Å². The van der Waals surface area contributed by atoms with Gasteiger partial charge in [-0.3, -0.25) is 4.40 Å². The van der Waals surface area contributed by atoms with Crippen LogP contribution >= 0.6 is 0 Å². The van der Waals surface area contributed by atoms with E-state index in [-0.39, 0.29) is 0 Å². The van der Waals surface area contributed by atoms with E-state index in [1.807, 2.05) is 47.4 Å². The van der Waals surface area contributed by atoms with Crippen LogP contribution in [0, 0.1) is 13.8 Å². The number of aryl methyl sites for hydroxylation is 2. The molecule has 130 valence electrons. The van der Waals surface area contributed by atoms with E-state index in [0.29, 0.717) is 0 Å². The highest BCUT2D eigenvalue weighted by Gasteiger charge is 2.11. The molecule has 0 saturated heterocycles. The van der Waals surface area contributed by atoms with Crippen LogP contribution in [0.4, 0.5) is 11.5 Å².